The number of hydrogen-bond acceptors (Lipinski definition) is 3. The summed E-state index contributed by atoms with van der Waals surface area (Å²) in [4.78, 5) is 24.7. The first-order valence-electron chi connectivity index (χ1n) is 9.03. The van der Waals surface area contributed by atoms with Crippen LogP contribution in [-0.4, -0.2) is 18.0 Å². The largest absolute Gasteiger partial charge is 0.452 e. The Kier molecular flexibility index (Phi) is 6.62. The molecule has 0 heterocycles. The Morgan fingerprint density at radius 2 is 1.69 bits per heavy atom. The molecule has 1 atom stereocenters. The van der Waals surface area contributed by atoms with Crippen molar-refractivity contribution in [3.8, 4) is 11.1 Å². The first kappa shape index (κ1) is 20.6. The molecular weight excluding hydrogens is 393 g/mol. The van der Waals surface area contributed by atoms with Gasteiger partial charge in [0.25, 0.3) is 5.91 Å². The second-order valence-electron chi connectivity index (χ2n) is 6.41. The Balaban J connectivity index is 1.67. The van der Waals surface area contributed by atoms with E-state index in [0.717, 1.165) is 11.1 Å². The smallest absolute Gasteiger partial charge is 0.311 e. The zero-order valence-electron chi connectivity index (χ0n) is 15.7. The third kappa shape index (κ3) is 5.21. The lowest BCUT2D eigenvalue weighted by Crippen LogP contribution is -2.30. The summed E-state index contributed by atoms with van der Waals surface area (Å²) < 4.78 is 19.0. The molecule has 0 bridgehead atoms. The Labute approximate surface area is 173 Å². The zero-order chi connectivity index (χ0) is 20.8. The fourth-order valence-corrected chi connectivity index (χ4v) is 3.06. The van der Waals surface area contributed by atoms with E-state index >= 15 is 0 Å². The fraction of sp³-hybridized carbons (Fsp3) is 0.130. The lowest BCUT2D eigenvalue weighted by Gasteiger charge is -2.16. The lowest BCUT2D eigenvalue weighted by atomic mass is 10.0. The summed E-state index contributed by atoms with van der Waals surface area (Å²) in [7, 11) is 0. The van der Waals surface area contributed by atoms with E-state index in [4.69, 9.17) is 16.3 Å². The number of anilines is 1. The van der Waals surface area contributed by atoms with Gasteiger partial charge in [-0.1, -0.05) is 66.2 Å². The second kappa shape index (κ2) is 9.34. The molecule has 4 nitrogen and oxygen atoms in total. The van der Waals surface area contributed by atoms with Crippen LogP contribution in [0.25, 0.3) is 11.1 Å². The molecule has 0 saturated carbocycles. The van der Waals surface area contributed by atoms with Gasteiger partial charge in [0.2, 0.25) is 0 Å². The normalized spacial score (nSPS) is 11.6. The van der Waals surface area contributed by atoms with Crippen molar-refractivity contribution in [3.05, 3.63) is 89.2 Å². The van der Waals surface area contributed by atoms with E-state index in [1.165, 1.54) is 25.1 Å². The molecule has 0 aliphatic heterocycles. The van der Waals surface area contributed by atoms with Gasteiger partial charge >= 0.3 is 5.97 Å². The predicted molar refractivity (Wildman–Crippen MR) is 111 cm³/mol. The van der Waals surface area contributed by atoms with Crippen LogP contribution in [0.2, 0.25) is 5.02 Å². The minimum atomic E-state index is -1.06. The van der Waals surface area contributed by atoms with Gasteiger partial charge in [0, 0.05) is 21.8 Å². The number of esters is 1. The second-order valence-corrected chi connectivity index (χ2v) is 6.82. The quantitative estimate of drug-likeness (QED) is 0.563. The van der Waals surface area contributed by atoms with Crippen LogP contribution in [0.15, 0.2) is 72.8 Å². The Morgan fingerprint density at radius 1 is 1.00 bits per heavy atom. The van der Waals surface area contributed by atoms with Crippen molar-refractivity contribution in [2.45, 2.75) is 19.4 Å². The zero-order valence-corrected chi connectivity index (χ0v) is 16.4. The van der Waals surface area contributed by atoms with Gasteiger partial charge in [-0.25, -0.2) is 4.39 Å². The molecule has 0 aliphatic carbocycles. The van der Waals surface area contributed by atoms with Gasteiger partial charge in [-0.15, -0.1) is 0 Å². The van der Waals surface area contributed by atoms with Gasteiger partial charge < -0.3 is 10.1 Å². The van der Waals surface area contributed by atoms with Crippen molar-refractivity contribution in [1.82, 2.24) is 0 Å². The molecule has 29 heavy (non-hydrogen) atoms. The van der Waals surface area contributed by atoms with Crippen molar-refractivity contribution in [3.63, 3.8) is 0 Å². The van der Waals surface area contributed by atoms with E-state index in [1.54, 1.807) is 12.1 Å². The van der Waals surface area contributed by atoms with E-state index in [-0.39, 0.29) is 17.0 Å². The van der Waals surface area contributed by atoms with Crippen molar-refractivity contribution in [2.75, 3.05) is 5.32 Å². The molecule has 0 unspecified atom stereocenters. The number of ether oxygens (including phenoxy) is 1. The average molecular weight is 412 g/mol. The van der Waals surface area contributed by atoms with Crippen molar-refractivity contribution >= 4 is 29.2 Å². The van der Waals surface area contributed by atoms with Gasteiger partial charge in [0.05, 0.1) is 6.42 Å². The molecule has 148 valence electrons. The summed E-state index contributed by atoms with van der Waals surface area (Å²) in [5, 5.41) is 2.92. The molecule has 0 spiro atoms. The number of amides is 1. The number of carbonyl (C=O) groups excluding carboxylic acids is 2. The van der Waals surface area contributed by atoms with Gasteiger partial charge in [-0.3, -0.25) is 9.59 Å². The summed E-state index contributed by atoms with van der Waals surface area (Å²) in [5.74, 6) is -1.82. The van der Waals surface area contributed by atoms with E-state index < -0.39 is 23.8 Å². The van der Waals surface area contributed by atoms with Crippen molar-refractivity contribution < 1.29 is 18.7 Å². The Hall–Kier alpha value is -3.18. The van der Waals surface area contributed by atoms with E-state index in [1.807, 2.05) is 42.5 Å². The number of hydrogen-bond donors (Lipinski definition) is 1. The number of carbonyl (C=O) groups is 2. The maximum absolute atomic E-state index is 13.8. The third-order valence-corrected chi connectivity index (χ3v) is 4.68. The standard InChI is InChI=1S/C23H19ClFNO3/c1-15(29-22(27)14-18-19(24)11-7-12-20(18)25)23(28)26-21-13-6-5-10-17(21)16-8-3-2-4-9-16/h2-13,15H,14H2,1H3,(H,26,28)/t15-/m0/s1. The van der Waals surface area contributed by atoms with Gasteiger partial charge in [0.1, 0.15) is 5.82 Å². The number of rotatable bonds is 6. The van der Waals surface area contributed by atoms with Crippen LogP contribution in [0.4, 0.5) is 10.1 Å². The number of nitrogens with one attached hydrogen (secondary N) is 1. The minimum absolute atomic E-state index is 0.0428. The van der Waals surface area contributed by atoms with E-state index in [9.17, 15) is 14.0 Å². The maximum Gasteiger partial charge on any atom is 0.311 e. The lowest BCUT2D eigenvalue weighted by molar-refractivity contribution is -0.152. The molecule has 0 aliphatic rings. The summed E-state index contributed by atoms with van der Waals surface area (Å²) in [6.45, 7) is 1.46. The van der Waals surface area contributed by atoms with Crippen LogP contribution < -0.4 is 5.32 Å². The molecule has 0 aromatic heterocycles. The first-order valence-corrected chi connectivity index (χ1v) is 9.41. The molecule has 0 fully saturated rings. The molecule has 1 N–H and O–H groups in total. The number of benzene rings is 3. The van der Waals surface area contributed by atoms with Crippen LogP contribution in [0.3, 0.4) is 0 Å². The van der Waals surface area contributed by atoms with Gasteiger partial charge in [0.15, 0.2) is 6.10 Å². The highest BCUT2D eigenvalue weighted by atomic mass is 35.5. The van der Waals surface area contributed by atoms with Crippen LogP contribution >= 0.6 is 11.6 Å². The fourth-order valence-electron chi connectivity index (χ4n) is 2.83. The van der Waals surface area contributed by atoms with Crippen molar-refractivity contribution in [1.29, 1.82) is 0 Å². The Morgan fingerprint density at radius 3 is 2.41 bits per heavy atom. The van der Waals surface area contributed by atoms with Crippen LogP contribution in [-0.2, 0) is 20.7 Å². The molecule has 3 aromatic carbocycles. The summed E-state index contributed by atoms with van der Waals surface area (Å²) in [6, 6.07) is 21.1. The summed E-state index contributed by atoms with van der Waals surface area (Å²) in [6.07, 6.45) is -1.42. The molecule has 0 saturated heterocycles. The summed E-state index contributed by atoms with van der Waals surface area (Å²) in [5.41, 5.74) is 2.44. The van der Waals surface area contributed by atoms with Crippen LogP contribution in [0, 0.1) is 5.82 Å². The summed E-state index contributed by atoms with van der Waals surface area (Å²) >= 11 is 5.93. The Bertz CT molecular complexity index is 1000. The average Bonchev–Trinajstić information content (AvgIpc) is 2.72. The topological polar surface area (TPSA) is 55.4 Å². The maximum atomic E-state index is 13.8. The highest BCUT2D eigenvalue weighted by molar-refractivity contribution is 6.31. The SMILES string of the molecule is C[C@H](OC(=O)Cc1c(F)cccc1Cl)C(=O)Nc1ccccc1-c1ccccc1. The molecule has 0 radical (unpaired) electrons. The molecular formula is C23H19ClFNO3. The number of para-hydroxylation sites is 1. The van der Waals surface area contributed by atoms with Gasteiger partial charge in [-0.2, -0.15) is 0 Å². The van der Waals surface area contributed by atoms with E-state index in [0.29, 0.717) is 5.69 Å². The number of halogens is 2. The molecule has 3 aromatic rings. The van der Waals surface area contributed by atoms with Crippen LogP contribution in [0.5, 0.6) is 0 Å². The molecule has 6 heteroatoms. The minimum Gasteiger partial charge on any atom is -0.452 e. The van der Waals surface area contributed by atoms with Crippen molar-refractivity contribution in [2.24, 2.45) is 0 Å². The highest BCUT2D eigenvalue weighted by Gasteiger charge is 2.21. The first-order chi connectivity index (χ1) is 14.0. The third-order valence-electron chi connectivity index (χ3n) is 4.33. The van der Waals surface area contributed by atoms with E-state index in [2.05, 4.69) is 5.32 Å². The molecule has 3 rings (SSSR count). The highest BCUT2D eigenvalue weighted by Crippen LogP contribution is 2.27. The molecule has 1 amide bonds. The predicted octanol–water partition coefficient (Wildman–Crippen LogP) is 5.26. The van der Waals surface area contributed by atoms with Gasteiger partial charge in [-0.05, 0) is 30.7 Å². The monoisotopic (exact) mass is 411 g/mol. The van der Waals surface area contributed by atoms with Crippen LogP contribution in [0.1, 0.15) is 12.5 Å².